The molecule has 0 bridgehead atoms. The Bertz CT molecular complexity index is 769. The minimum Gasteiger partial charge on any atom is -0.330 e. The number of fused-ring (bicyclic) bond motifs is 1. The van der Waals surface area contributed by atoms with E-state index in [9.17, 15) is 9.59 Å². The van der Waals surface area contributed by atoms with Crippen LogP contribution in [0, 0.1) is 6.92 Å². The van der Waals surface area contributed by atoms with Gasteiger partial charge in [0.15, 0.2) is 11.2 Å². The molecule has 0 atom stereocenters. The molecule has 122 valence electrons. The summed E-state index contributed by atoms with van der Waals surface area (Å²) in [6, 6.07) is 0. The van der Waals surface area contributed by atoms with Crippen LogP contribution in [-0.4, -0.2) is 25.2 Å². The van der Waals surface area contributed by atoms with E-state index in [1.807, 2.05) is 18.4 Å². The number of hydrogen-bond donors (Lipinski definition) is 1. The Morgan fingerprint density at radius 3 is 2.32 bits per heavy atom. The Morgan fingerprint density at radius 1 is 1.05 bits per heavy atom. The quantitative estimate of drug-likeness (QED) is 0.821. The second-order valence-electron chi connectivity index (χ2n) is 5.46. The molecule has 0 aliphatic heterocycles. The number of nitrogens with zero attached hydrogens (tertiary/aromatic N) is 4. The average molecular weight is 307 g/mol. The van der Waals surface area contributed by atoms with Gasteiger partial charge in [-0.1, -0.05) is 13.3 Å². The van der Waals surface area contributed by atoms with Gasteiger partial charge in [-0.2, -0.15) is 0 Å². The fraction of sp³-hybridized carbons (Fsp3) is 0.667. The summed E-state index contributed by atoms with van der Waals surface area (Å²) in [4.78, 5) is 29.7. The maximum absolute atomic E-state index is 12.7. The third kappa shape index (κ3) is 2.72. The van der Waals surface area contributed by atoms with E-state index in [1.165, 1.54) is 4.57 Å². The van der Waals surface area contributed by atoms with Gasteiger partial charge in [0.25, 0.3) is 5.56 Å². The molecule has 0 aliphatic rings. The second kappa shape index (κ2) is 6.91. The van der Waals surface area contributed by atoms with E-state index in [0.29, 0.717) is 37.3 Å². The van der Waals surface area contributed by atoms with Gasteiger partial charge in [0, 0.05) is 19.6 Å². The van der Waals surface area contributed by atoms with Crippen molar-refractivity contribution in [3.05, 3.63) is 26.7 Å². The van der Waals surface area contributed by atoms with Crippen LogP contribution < -0.4 is 17.0 Å². The van der Waals surface area contributed by atoms with Crippen molar-refractivity contribution >= 4 is 11.2 Å². The number of nitrogens with two attached hydrogens (primary N) is 1. The summed E-state index contributed by atoms with van der Waals surface area (Å²) < 4.78 is 4.81. The molecule has 0 saturated carbocycles. The minimum atomic E-state index is -0.267. The van der Waals surface area contributed by atoms with Crippen molar-refractivity contribution in [2.24, 2.45) is 5.73 Å². The highest BCUT2D eigenvalue weighted by Gasteiger charge is 2.18. The topological polar surface area (TPSA) is 87.8 Å². The molecule has 2 aromatic rings. The molecule has 2 rings (SSSR count). The molecule has 0 fully saturated rings. The fourth-order valence-corrected chi connectivity index (χ4v) is 2.72. The van der Waals surface area contributed by atoms with Gasteiger partial charge >= 0.3 is 5.69 Å². The van der Waals surface area contributed by atoms with Crippen LogP contribution in [0.2, 0.25) is 0 Å². The highest BCUT2D eigenvalue weighted by Crippen LogP contribution is 2.12. The van der Waals surface area contributed by atoms with E-state index in [2.05, 4.69) is 11.9 Å². The Labute approximate surface area is 129 Å². The first-order valence-electron chi connectivity index (χ1n) is 7.97. The molecule has 0 radical (unpaired) electrons. The number of unbranched alkanes of at least 4 members (excludes halogenated alkanes) is 1. The summed E-state index contributed by atoms with van der Waals surface area (Å²) in [5.41, 5.74) is 6.08. The molecule has 0 spiro atoms. The summed E-state index contributed by atoms with van der Waals surface area (Å²) in [6.45, 7) is 7.89. The highest BCUT2D eigenvalue weighted by atomic mass is 16.2. The third-order valence-electron chi connectivity index (χ3n) is 3.94. The maximum atomic E-state index is 12.7. The smallest absolute Gasteiger partial charge is 0.330 e. The Kier molecular flexibility index (Phi) is 5.18. The molecule has 0 aliphatic carbocycles. The Morgan fingerprint density at radius 2 is 1.73 bits per heavy atom. The first-order chi connectivity index (χ1) is 10.6. The molecule has 2 aromatic heterocycles. The van der Waals surface area contributed by atoms with Crippen molar-refractivity contribution in [1.82, 2.24) is 18.7 Å². The van der Waals surface area contributed by atoms with Crippen molar-refractivity contribution in [2.75, 3.05) is 6.54 Å². The van der Waals surface area contributed by atoms with Gasteiger partial charge in [-0.05, 0) is 33.2 Å². The normalized spacial score (nSPS) is 11.5. The van der Waals surface area contributed by atoms with Gasteiger partial charge in [0.05, 0.1) is 0 Å². The number of imidazole rings is 1. The Hall–Kier alpha value is -1.89. The standard InChI is InChI=1S/C15H25N5O2/c1-4-6-9-20-13-12(14(21)18(5-2)15(20)22)19(10-7-8-16)11(3)17-13/h4-10,16H2,1-3H3. The van der Waals surface area contributed by atoms with Crippen molar-refractivity contribution in [3.8, 4) is 0 Å². The first-order valence-corrected chi connectivity index (χ1v) is 7.97. The lowest BCUT2D eigenvalue weighted by atomic mass is 10.3. The average Bonchev–Trinajstić information content (AvgIpc) is 2.82. The molecule has 2 N–H and O–H groups in total. The van der Waals surface area contributed by atoms with Crippen LogP contribution in [-0.2, 0) is 19.6 Å². The SMILES string of the molecule is CCCCn1c(=O)n(CC)c(=O)c2c1nc(C)n2CCCN. The monoisotopic (exact) mass is 307 g/mol. The maximum Gasteiger partial charge on any atom is 0.332 e. The van der Waals surface area contributed by atoms with Crippen LogP contribution in [0.1, 0.15) is 38.9 Å². The lowest BCUT2D eigenvalue weighted by molar-refractivity contribution is 0.559. The number of rotatable bonds is 7. The Balaban J connectivity index is 2.78. The zero-order valence-electron chi connectivity index (χ0n) is 13.6. The van der Waals surface area contributed by atoms with Crippen LogP contribution in [0.15, 0.2) is 9.59 Å². The van der Waals surface area contributed by atoms with Gasteiger partial charge in [-0.15, -0.1) is 0 Å². The third-order valence-corrected chi connectivity index (χ3v) is 3.94. The molecule has 2 heterocycles. The van der Waals surface area contributed by atoms with Crippen LogP contribution in [0.5, 0.6) is 0 Å². The van der Waals surface area contributed by atoms with E-state index in [0.717, 1.165) is 25.1 Å². The second-order valence-corrected chi connectivity index (χ2v) is 5.46. The van der Waals surface area contributed by atoms with E-state index in [1.54, 1.807) is 4.57 Å². The molecule has 7 heteroatoms. The van der Waals surface area contributed by atoms with Gasteiger partial charge < -0.3 is 10.3 Å². The molecule has 0 unspecified atom stereocenters. The van der Waals surface area contributed by atoms with E-state index in [4.69, 9.17) is 5.73 Å². The molecule has 22 heavy (non-hydrogen) atoms. The lowest BCUT2D eigenvalue weighted by Crippen LogP contribution is -2.40. The lowest BCUT2D eigenvalue weighted by Gasteiger charge is -2.11. The predicted molar refractivity (Wildman–Crippen MR) is 87.2 cm³/mol. The van der Waals surface area contributed by atoms with Crippen molar-refractivity contribution in [1.29, 1.82) is 0 Å². The van der Waals surface area contributed by atoms with E-state index in [-0.39, 0.29) is 11.2 Å². The van der Waals surface area contributed by atoms with Crippen LogP contribution in [0.3, 0.4) is 0 Å². The van der Waals surface area contributed by atoms with Crippen LogP contribution >= 0.6 is 0 Å². The summed E-state index contributed by atoms with van der Waals surface area (Å²) >= 11 is 0. The predicted octanol–water partition coefficient (Wildman–Crippen LogP) is 0.837. The number of hydrogen-bond acceptors (Lipinski definition) is 4. The molecule has 7 nitrogen and oxygen atoms in total. The summed E-state index contributed by atoms with van der Waals surface area (Å²) in [5.74, 6) is 0.749. The van der Waals surface area contributed by atoms with Gasteiger partial charge in [0.2, 0.25) is 0 Å². The molecular weight excluding hydrogens is 282 g/mol. The van der Waals surface area contributed by atoms with Gasteiger partial charge in [-0.25, -0.2) is 9.78 Å². The zero-order chi connectivity index (χ0) is 16.3. The molecule has 0 aromatic carbocycles. The van der Waals surface area contributed by atoms with Gasteiger partial charge in [-0.3, -0.25) is 13.9 Å². The van der Waals surface area contributed by atoms with Crippen molar-refractivity contribution in [2.45, 2.75) is 59.7 Å². The summed E-state index contributed by atoms with van der Waals surface area (Å²) in [5, 5.41) is 0. The molecule has 0 saturated heterocycles. The highest BCUT2D eigenvalue weighted by molar-refractivity contribution is 5.71. The zero-order valence-corrected chi connectivity index (χ0v) is 13.6. The van der Waals surface area contributed by atoms with Crippen molar-refractivity contribution in [3.63, 3.8) is 0 Å². The first kappa shape index (κ1) is 16.5. The van der Waals surface area contributed by atoms with Crippen molar-refractivity contribution < 1.29 is 0 Å². The minimum absolute atomic E-state index is 0.257. The number of aryl methyl sites for hydroxylation is 3. The van der Waals surface area contributed by atoms with E-state index < -0.39 is 0 Å². The number of aromatic nitrogens is 4. The van der Waals surface area contributed by atoms with Crippen LogP contribution in [0.25, 0.3) is 11.2 Å². The summed E-state index contributed by atoms with van der Waals surface area (Å²) in [6.07, 6.45) is 2.63. The molecular formula is C15H25N5O2. The van der Waals surface area contributed by atoms with E-state index >= 15 is 0 Å². The van der Waals surface area contributed by atoms with Crippen LogP contribution in [0.4, 0.5) is 0 Å². The largest absolute Gasteiger partial charge is 0.332 e. The molecule has 0 amide bonds. The fourth-order valence-electron chi connectivity index (χ4n) is 2.72. The van der Waals surface area contributed by atoms with Gasteiger partial charge in [0.1, 0.15) is 5.82 Å². The summed E-state index contributed by atoms with van der Waals surface area (Å²) in [7, 11) is 0.